The molecule has 0 unspecified atom stereocenters. The first-order valence-electron chi connectivity index (χ1n) is 4.58. The summed E-state index contributed by atoms with van der Waals surface area (Å²) in [6.07, 6.45) is 7.48. The molecule has 0 bridgehead atoms. The van der Waals surface area contributed by atoms with Crippen LogP contribution >= 0.6 is 0 Å². The Morgan fingerprint density at radius 3 is 3.29 bits per heavy atom. The number of hydrogen-bond donors (Lipinski definition) is 1. The SMILES string of the molecule is O=C1CC2=C3C(=CNC2)C=COC=C13. The van der Waals surface area contributed by atoms with E-state index in [0.717, 1.165) is 23.3 Å². The van der Waals surface area contributed by atoms with Crippen molar-refractivity contribution in [1.29, 1.82) is 0 Å². The van der Waals surface area contributed by atoms with Crippen LogP contribution in [0.15, 0.2) is 47.1 Å². The number of dihydropyridines is 1. The van der Waals surface area contributed by atoms with E-state index in [2.05, 4.69) is 5.32 Å². The van der Waals surface area contributed by atoms with Crippen LogP contribution in [-0.4, -0.2) is 12.3 Å². The van der Waals surface area contributed by atoms with E-state index in [-0.39, 0.29) is 5.78 Å². The second kappa shape index (κ2) is 2.61. The van der Waals surface area contributed by atoms with Gasteiger partial charge in [0.2, 0.25) is 0 Å². The van der Waals surface area contributed by atoms with E-state index < -0.39 is 0 Å². The van der Waals surface area contributed by atoms with Crippen LogP contribution in [0.5, 0.6) is 0 Å². The molecule has 0 spiro atoms. The van der Waals surface area contributed by atoms with Gasteiger partial charge in [-0.05, 0) is 17.2 Å². The molecule has 3 heteroatoms. The number of rotatable bonds is 0. The molecule has 0 aromatic rings. The normalized spacial score (nSPS) is 23.3. The van der Waals surface area contributed by atoms with Gasteiger partial charge in [-0.15, -0.1) is 0 Å². The van der Waals surface area contributed by atoms with Crippen LogP contribution in [0.2, 0.25) is 0 Å². The number of carbonyl (C=O) groups excluding carboxylic acids is 1. The van der Waals surface area contributed by atoms with E-state index in [9.17, 15) is 4.79 Å². The molecule has 3 aliphatic rings. The summed E-state index contributed by atoms with van der Waals surface area (Å²) in [5.74, 6) is 0.160. The van der Waals surface area contributed by atoms with Gasteiger partial charge in [0.15, 0.2) is 5.78 Å². The zero-order valence-corrected chi connectivity index (χ0v) is 7.54. The third kappa shape index (κ3) is 0.894. The first kappa shape index (κ1) is 7.62. The smallest absolute Gasteiger partial charge is 0.170 e. The van der Waals surface area contributed by atoms with Gasteiger partial charge >= 0.3 is 0 Å². The minimum Gasteiger partial charge on any atom is -0.472 e. The maximum atomic E-state index is 11.6. The van der Waals surface area contributed by atoms with E-state index in [1.54, 1.807) is 12.5 Å². The van der Waals surface area contributed by atoms with Crippen LogP contribution in [0.3, 0.4) is 0 Å². The van der Waals surface area contributed by atoms with Gasteiger partial charge < -0.3 is 10.1 Å². The maximum Gasteiger partial charge on any atom is 0.170 e. The molecular weight excluding hydrogens is 178 g/mol. The number of carbonyl (C=O) groups is 1. The predicted octanol–water partition coefficient (Wildman–Crippen LogP) is 1.17. The van der Waals surface area contributed by atoms with Gasteiger partial charge in [0.25, 0.3) is 0 Å². The number of allylic oxidation sites excluding steroid dienone is 4. The Morgan fingerprint density at radius 2 is 2.36 bits per heavy atom. The Labute approximate surface area is 81.4 Å². The summed E-state index contributed by atoms with van der Waals surface area (Å²) in [6, 6.07) is 0. The number of ketones is 1. The predicted molar refractivity (Wildman–Crippen MR) is 51.0 cm³/mol. The lowest BCUT2D eigenvalue weighted by Gasteiger charge is -2.13. The topological polar surface area (TPSA) is 38.3 Å². The first-order valence-corrected chi connectivity index (χ1v) is 4.58. The Balaban J connectivity index is 2.22. The molecule has 3 rings (SSSR count). The van der Waals surface area contributed by atoms with Gasteiger partial charge in [0.05, 0.1) is 11.8 Å². The molecule has 0 atom stereocenters. The second-order valence-corrected chi connectivity index (χ2v) is 3.53. The van der Waals surface area contributed by atoms with Gasteiger partial charge in [0, 0.05) is 24.7 Å². The van der Waals surface area contributed by atoms with Crippen molar-refractivity contribution < 1.29 is 9.53 Å². The van der Waals surface area contributed by atoms with Crippen molar-refractivity contribution in [3.63, 3.8) is 0 Å². The summed E-state index contributed by atoms with van der Waals surface area (Å²) in [5.41, 5.74) is 4.01. The van der Waals surface area contributed by atoms with E-state index in [4.69, 9.17) is 4.74 Å². The highest BCUT2D eigenvalue weighted by Gasteiger charge is 2.31. The number of Topliss-reactive ketones (excluding diaryl/α,β-unsaturated/α-hetero) is 1. The molecule has 1 N–H and O–H groups in total. The molecule has 0 aromatic heterocycles. The molecular formula is C11H9NO2. The average Bonchev–Trinajstić information content (AvgIpc) is 2.39. The Kier molecular flexibility index (Phi) is 1.42. The van der Waals surface area contributed by atoms with E-state index in [0.29, 0.717) is 6.42 Å². The zero-order valence-electron chi connectivity index (χ0n) is 7.54. The highest BCUT2D eigenvalue weighted by molar-refractivity contribution is 6.06. The lowest BCUT2D eigenvalue weighted by Crippen LogP contribution is -2.15. The molecule has 3 nitrogen and oxygen atoms in total. The Morgan fingerprint density at radius 1 is 1.43 bits per heavy atom. The van der Waals surface area contributed by atoms with Crippen molar-refractivity contribution in [1.82, 2.24) is 5.32 Å². The molecule has 70 valence electrons. The number of nitrogens with one attached hydrogen (secondary N) is 1. The lowest BCUT2D eigenvalue weighted by atomic mass is 9.98. The number of hydrogen-bond acceptors (Lipinski definition) is 3. The summed E-state index contributed by atoms with van der Waals surface area (Å²) in [7, 11) is 0. The molecule has 2 heterocycles. The fourth-order valence-electron chi connectivity index (χ4n) is 2.05. The quantitative estimate of drug-likeness (QED) is 0.618. The molecule has 0 amide bonds. The van der Waals surface area contributed by atoms with Crippen LogP contribution in [0.1, 0.15) is 6.42 Å². The molecule has 0 saturated heterocycles. The van der Waals surface area contributed by atoms with Gasteiger partial charge in [0.1, 0.15) is 6.26 Å². The van der Waals surface area contributed by atoms with Crippen molar-refractivity contribution >= 4 is 5.78 Å². The summed E-state index contributed by atoms with van der Waals surface area (Å²) in [6.45, 7) is 0.774. The lowest BCUT2D eigenvalue weighted by molar-refractivity contribution is -0.114. The zero-order chi connectivity index (χ0) is 9.54. The minimum atomic E-state index is 0.160. The van der Waals surface area contributed by atoms with Gasteiger partial charge in [-0.1, -0.05) is 0 Å². The second-order valence-electron chi connectivity index (χ2n) is 3.53. The monoisotopic (exact) mass is 187 g/mol. The van der Waals surface area contributed by atoms with Crippen LogP contribution in [0.4, 0.5) is 0 Å². The summed E-state index contributed by atoms with van der Waals surface area (Å²) < 4.78 is 5.12. The van der Waals surface area contributed by atoms with Gasteiger partial charge in [-0.2, -0.15) is 0 Å². The first-order chi connectivity index (χ1) is 6.86. The van der Waals surface area contributed by atoms with Crippen molar-refractivity contribution in [3.8, 4) is 0 Å². The van der Waals surface area contributed by atoms with Crippen LogP contribution in [-0.2, 0) is 9.53 Å². The van der Waals surface area contributed by atoms with Crippen molar-refractivity contribution in [3.05, 3.63) is 47.1 Å². The largest absolute Gasteiger partial charge is 0.472 e. The molecule has 1 aliphatic carbocycles. The fraction of sp³-hybridized carbons (Fsp3) is 0.182. The van der Waals surface area contributed by atoms with Crippen molar-refractivity contribution in [2.24, 2.45) is 0 Å². The van der Waals surface area contributed by atoms with Crippen molar-refractivity contribution in [2.75, 3.05) is 6.54 Å². The molecule has 0 radical (unpaired) electrons. The van der Waals surface area contributed by atoms with E-state index in [1.165, 1.54) is 5.57 Å². The Hall–Kier alpha value is -1.77. The third-order valence-electron chi connectivity index (χ3n) is 2.67. The molecule has 14 heavy (non-hydrogen) atoms. The standard InChI is InChI=1S/C11H9NO2/c13-10-3-8-5-12-4-7-1-2-14-6-9(10)11(7)8/h1-2,4,6,12H,3,5H2. The van der Waals surface area contributed by atoms with E-state index in [1.807, 2.05) is 12.3 Å². The summed E-state index contributed by atoms with van der Waals surface area (Å²) in [5, 5.41) is 3.15. The minimum absolute atomic E-state index is 0.160. The molecule has 0 saturated carbocycles. The number of ether oxygens (including phenoxy) is 1. The van der Waals surface area contributed by atoms with Crippen LogP contribution in [0, 0.1) is 0 Å². The van der Waals surface area contributed by atoms with E-state index >= 15 is 0 Å². The van der Waals surface area contributed by atoms with Crippen LogP contribution < -0.4 is 5.32 Å². The highest BCUT2D eigenvalue weighted by atomic mass is 16.5. The molecule has 0 aromatic carbocycles. The van der Waals surface area contributed by atoms with Crippen LogP contribution in [0.25, 0.3) is 0 Å². The Bertz CT molecular complexity index is 438. The van der Waals surface area contributed by atoms with Crippen molar-refractivity contribution in [2.45, 2.75) is 6.42 Å². The summed E-state index contributed by atoms with van der Waals surface area (Å²) >= 11 is 0. The average molecular weight is 187 g/mol. The highest BCUT2D eigenvalue weighted by Crippen LogP contribution is 2.36. The van der Waals surface area contributed by atoms with Gasteiger partial charge in [-0.25, -0.2) is 0 Å². The maximum absolute atomic E-state index is 11.6. The molecule has 0 fully saturated rings. The third-order valence-corrected chi connectivity index (χ3v) is 2.67. The summed E-state index contributed by atoms with van der Waals surface area (Å²) in [4.78, 5) is 11.6. The fourth-order valence-corrected chi connectivity index (χ4v) is 2.05. The molecule has 2 aliphatic heterocycles. The van der Waals surface area contributed by atoms with Gasteiger partial charge in [-0.3, -0.25) is 4.79 Å².